The van der Waals surface area contributed by atoms with Gasteiger partial charge < -0.3 is 5.11 Å². The van der Waals surface area contributed by atoms with Gasteiger partial charge in [0.05, 0.1) is 7.11 Å². The Morgan fingerprint density at radius 2 is 1.67 bits per heavy atom. The average molecular weight is 308 g/mol. The molecule has 2 rings (SSSR count). The van der Waals surface area contributed by atoms with Crippen molar-refractivity contribution in [2.75, 3.05) is 7.11 Å². The number of hydrogen-bond acceptors (Lipinski definition) is 5. The summed E-state index contributed by atoms with van der Waals surface area (Å²) in [7, 11) is -3.01. The minimum atomic E-state index is -4.06. The zero-order valence-electron chi connectivity index (χ0n) is 11.5. The number of rotatable bonds is 6. The van der Waals surface area contributed by atoms with Crippen LogP contribution in [-0.2, 0) is 25.2 Å². The van der Waals surface area contributed by atoms with Crippen molar-refractivity contribution in [2.24, 2.45) is 0 Å². The van der Waals surface area contributed by atoms with Gasteiger partial charge in [0.15, 0.2) is 0 Å². The van der Waals surface area contributed by atoms with Gasteiger partial charge in [0.25, 0.3) is 0 Å². The van der Waals surface area contributed by atoms with Crippen molar-refractivity contribution in [3.8, 4) is 5.75 Å². The summed E-state index contributed by atoms with van der Waals surface area (Å²) in [5.41, 5.74) is 1.57. The third-order valence-corrected chi connectivity index (χ3v) is 3.84. The Morgan fingerprint density at radius 1 is 1.05 bits per heavy atom. The number of aromatic hydroxyl groups is 1. The van der Waals surface area contributed by atoms with Gasteiger partial charge in [-0.1, -0.05) is 42.5 Å². The molecule has 0 aliphatic rings. The van der Waals surface area contributed by atoms with Crippen LogP contribution in [0.25, 0.3) is 0 Å². The molecule has 0 aromatic heterocycles. The van der Waals surface area contributed by atoms with E-state index in [-0.39, 0.29) is 5.75 Å². The molecule has 6 heteroatoms. The lowest BCUT2D eigenvalue weighted by atomic mass is 10.0. The molecule has 1 unspecified atom stereocenters. The van der Waals surface area contributed by atoms with Gasteiger partial charge in [-0.25, -0.2) is 4.18 Å². The molecule has 5 nitrogen and oxygen atoms in total. The molecule has 1 N–H and O–H groups in total. The summed E-state index contributed by atoms with van der Waals surface area (Å²) in [6.07, 6.45) is -0.355. The van der Waals surface area contributed by atoms with Gasteiger partial charge in [-0.15, -0.1) is 0 Å². The molecule has 0 radical (unpaired) electrons. The monoisotopic (exact) mass is 308 g/mol. The molecule has 0 aliphatic heterocycles. The summed E-state index contributed by atoms with van der Waals surface area (Å²) >= 11 is 0. The van der Waals surface area contributed by atoms with Crippen molar-refractivity contribution in [3.63, 3.8) is 0 Å². The van der Waals surface area contributed by atoms with Crippen molar-refractivity contribution in [3.05, 3.63) is 65.7 Å². The molecule has 2 aromatic rings. The van der Waals surface area contributed by atoms with E-state index in [9.17, 15) is 13.5 Å². The van der Waals surface area contributed by atoms with Crippen LogP contribution in [0.3, 0.4) is 0 Å². The van der Waals surface area contributed by atoms with Gasteiger partial charge in [0, 0.05) is 6.42 Å². The van der Waals surface area contributed by atoms with E-state index in [2.05, 4.69) is 4.18 Å². The first-order valence-corrected chi connectivity index (χ1v) is 7.65. The molecule has 112 valence electrons. The SMILES string of the molecule is COS(=O)(=O)OC(Cc1ccccc1)c1ccc(O)cc1. The Morgan fingerprint density at radius 3 is 2.24 bits per heavy atom. The Kier molecular flexibility index (Phi) is 4.95. The average Bonchev–Trinajstić information content (AvgIpc) is 2.48. The van der Waals surface area contributed by atoms with Gasteiger partial charge in [-0.2, -0.15) is 8.42 Å². The second-order valence-corrected chi connectivity index (χ2v) is 5.78. The van der Waals surface area contributed by atoms with Crippen LogP contribution in [-0.4, -0.2) is 20.6 Å². The smallest absolute Gasteiger partial charge is 0.400 e. The van der Waals surface area contributed by atoms with Crippen LogP contribution in [0.1, 0.15) is 17.2 Å². The highest BCUT2D eigenvalue weighted by atomic mass is 32.3. The summed E-state index contributed by atoms with van der Waals surface area (Å²) < 4.78 is 32.5. The molecule has 2 aromatic carbocycles. The molecule has 0 bridgehead atoms. The summed E-state index contributed by atoms with van der Waals surface area (Å²) in [6.45, 7) is 0. The third kappa shape index (κ3) is 4.56. The van der Waals surface area contributed by atoms with Crippen molar-refractivity contribution < 1.29 is 21.9 Å². The Labute approximate surface area is 124 Å². The largest absolute Gasteiger partial charge is 0.508 e. The number of benzene rings is 2. The minimum Gasteiger partial charge on any atom is -0.508 e. The van der Waals surface area contributed by atoms with Crippen LogP contribution in [0.4, 0.5) is 0 Å². The molecule has 0 saturated carbocycles. The fourth-order valence-electron chi connectivity index (χ4n) is 1.91. The number of phenolic OH excluding ortho intramolecular Hbond substituents is 1. The summed E-state index contributed by atoms with van der Waals surface area (Å²) in [6, 6.07) is 15.6. The maximum atomic E-state index is 11.5. The van der Waals surface area contributed by atoms with E-state index in [0.717, 1.165) is 12.7 Å². The minimum absolute atomic E-state index is 0.104. The molecule has 21 heavy (non-hydrogen) atoms. The standard InChI is InChI=1S/C15H16O5S/c1-19-21(17,18)20-15(11-12-5-3-2-4-6-12)13-7-9-14(16)10-8-13/h2-10,15-16H,11H2,1H3. The topological polar surface area (TPSA) is 72.8 Å². The van der Waals surface area contributed by atoms with Crippen LogP contribution in [0.15, 0.2) is 54.6 Å². The summed E-state index contributed by atoms with van der Waals surface area (Å²) in [5, 5.41) is 9.32. The maximum Gasteiger partial charge on any atom is 0.400 e. The second-order valence-electron chi connectivity index (χ2n) is 4.44. The van der Waals surface area contributed by atoms with Crippen molar-refractivity contribution in [2.45, 2.75) is 12.5 Å². The molecule has 0 amide bonds. The first kappa shape index (κ1) is 15.5. The zero-order valence-corrected chi connectivity index (χ0v) is 12.3. The van der Waals surface area contributed by atoms with E-state index in [1.54, 1.807) is 12.1 Å². The predicted octanol–water partition coefficient (Wildman–Crippen LogP) is 2.58. The second kappa shape index (κ2) is 6.71. The molecule has 0 fully saturated rings. The molecule has 0 aliphatic carbocycles. The van der Waals surface area contributed by atoms with E-state index in [1.807, 2.05) is 30.3 Å². The van der Waals surface area contributed by atoms with E-state index in [4.69, 9.17) is 4.18 Å². The first-order valence-electron chi connectivity index (χ1n) is 6.32. The Bertz CT molecular complexity index is 665. The van der Waals surface area contributed by atoms with E-state index < -0.39 is 16.5 Å². The maximum absolute atomic E-state index is 11.5. The highest BCUT2D eigenvalue weighted by molar-refractivity contribution is 7.81. The number of hydrogen-bond donors (Lipinski definition) is 1. The van der Waals surface area contributed by atoms with Crippen LogP contribution >= 0.6 is 0 Å². The quantitative estimate of drug-likeness (QED) is 0.888. The van der Waals surface area contributed by atoms with Crippen LogP contribution in [0.2, 0.25) is 0 Å². The molecule has 1 atom stereocenters. The lowest BCUT2D eigenvalue weighted by Crippen LogP contribution is -2.15. The Balaban J connectivity index is 2.28. The normalized spacial score (nSPS) is 13.0. The molecule has 0 spiro atoms. The molecular formula is C15H16O5S. The van der Waals surface area contributed by atoms with Crippen LogP contribution < -0.4 is 0 Å². The summed E-state index contributed by atoms with van der Waals surface area (Å²) in [5.74, 6) is 0.104. The predicted molar refractivity (Wildman–Crippen MR) is 78.0 cm³/mol. The van der Waals surface area contributed by atoms with E-state index in [1.165, 1.54) is 12.1 Å². The molecule has 0 saturated heterocycles. The van der Waals surface area contributed by atoms with Crippen LogP contribution in [0.5, 0.6) is 5.75 Å². The molecule has 0 heterocycles. The van der Waals surface area contributed by atoms with Crippen LogP contribution in [0, 0.1) is 0 Å². The lowest BCUT2D eigenvalue weighted by molar-refractivity contribution is 0.171. The third-order valence-electron chi connectivity index (χ3n) is 2.97. The van der Waals surface area contributed by atoms with Gasteiger partial charge in [0.2, 0.25) is 0 Å². The highest BCUT2D eigenvalue weighted by Gasteiger charge is 2.21. The highest BCUT2D eigenvalue weighted by Crippen LogP contribution is 2.26. The van der Waals surface area contributed by atoms with Gasteiger partial charge in [-0.3, -0.25) is 4.18 Å². The number of phenols is 1. The van der Waals surface area contributed by atoms with Gasteiger partial charge >= 0.3 is 10.4 Å². The Hall–Kier alpha value is -1.89. The van der Waals surface area contributed by atoms with E-state index >= 15 is 0 Å². The zero-order chi connectivity index (χ0) is 15.3. The van der Waals surface area contributed by atoms with Gasteiger partial charge in [0.1, 0.15) is 11.9 Å². The lowest BCUT2D eigenvalue weighted by Gasteiger charge is -2.17. The van der Waals surface area contributed by atoms with Gasteiger partial charge in [-0.05, 0) is 23.3 Å². The van der Waals surface area contributed by atoms with Crippen molar-refractivity contribution in [1.82, 2.24) is 0 Å². The molecular weight excluding hydrogens is 292 g/mol. The summed E-state index contributed by atoms with van der Waals surface area (Å²) in [4.78, 5) is 0. The fourth-order valence-corrected chi connectivity index (χ4v) is 2.45. The van der Waals surface area contributed by atoms with E-state index in [0.29, 0.717) is 12.0 Å². The van der Waals surface area contributed by atoms with Crippen molar-refractivity contribution in [1.29, 1.82) is 0 Å². The first-order chi connectivity index (χ1) is 10.00. The fraction of sp³-hybridized carbons (Fsp3) is 0.200. The van der Waals surface area contributed by atoms with Crippen molar-refractivity contribution >= 4 is 10.4 Å².